The first-order valence-electron chi connectivity index (χ1n) is 6.64. The predicted molar refractivity (Wildman–Crippen MR) is 72.6 cm³/mol. The number of methoxy groups -OCH3 is 1. The molecule has 1 atom stereocenters. The van der Waals surface area contributed by atoms with Crippen molar-refractivity contribution in [3.63, 3.8) is 0 Å². The molecule has 0 radical (unpaired) electrons. The molecule has 1 unspecified atom stereocenters. The lowest BCUT2D eigenvalue weighted by Gasteiger charge is -2.11. The zero-order valence-corrected chi connectivity index (χ0v) is 11.9. The molecule has 0 aromatic heterocycles. The van der Waals surface area contributed by atoms with Gasteiger partial charge in [0.1, 0.15) is 11.5 Å². The molecule has 6 nitrogen and oxygen atoms in total. The van der Waals surface area contributed by atoms with Gasteiger partial charge < -0.3 is 14.2 Å². The molecular formula is C15H16O6. The fourth-order valence-electron chi connectivity index (χ4n) is 2.15. The van der Waals surface area contributed by atoms with Crippen LogP contribution in [0, 0.1) is 5.92 Å². The van der Waals surface area contributed by atoms with E-state index in [9.17, 15) is 14.4 Å². The van der Waals surface area contributed by atoms with Gasteiger partial charge in [-0.05, 0) is 31.5 Å². The van der Waals surface area contributed by atoms with E-state index < -0.39 is 23.5 Å². The first-order chi connectivity index (χ1) is 10.1. The highest BCUT2D eigenvalue weighted by Crippen LogP contribution is 2.30. The number of ether oxygens (including phenoxy) is 3. The fourth-order valence-corrected chi connectivity index (χ4v) is 2.15. The van der Waals surface area contributed by atoms with Gasteiger partial charge in [0.25, 0.3) is 5.78 Å². The number of carbonyl (C=O) groups excluding carboxylic acids is 3. The third kappa shape index (κ3) is 3.04. The summed E-state index contributed by atoms with van der Waals surface area (Å²) < 4.78 is 15.2. The highest BCUT2D eigenvalue weighted by atomic mass is 16.5. The van der Waals surface area contributed by atoms with E-state index in [4.69, 9.17) is 9.47 Å². The van der Waals surface area contributed by atoms with Gasteiger partial charge in [0.2, 0.25) is 0 Å². The summed E-state index contributed by atoms with van der Waals surface area (Å²) in [4.78, 5) is 36.1. The van der Waals surface area contributed by atoms with Crippen molar-refractivity contribution in [2.75, 3.05) is 20.3 Å². The number of fused-ring (bicyclic) bond motifs is 1. The first-order valence-corrected chi connectivity index (χ1v) is 6.64. The molecule has 0 aliphatic carbocycles. The molecule has 1 aliphatic rings. The number of hydrogen-bond acceptors (Lipinski definition) is 6. The summed E-state index contributed by atoms with van der Waals surface area (Å²) in [6.07, 6.45) is 0.146. The summed E-state index contributed by atoms with van der Waals surface area (Å²) in [5, 5.41) is 0. The molecular weight excluding hydrogens is 276 g/mol. The van der Waals surface area contributed by atoms with Gasteiger partial charge in [0.05, 0.1) is 31.8 Å². The summed E-state index contributed by atoms with van der Waals surface area (Å²) in [6.45, 7) is 1.87. The maximum absolute atomic E-state index is 12.5. The van der Waals surface area contributed by atoms with Crippen molar-refractivity contribution in [2.24, 2.45) is 5.92 Å². The van der Waals surface area contributed by atoms with E-state index in [1.165, 1.54) is 13.2 Å². The van der Waals surface area contributed by atoms with Gasteiger partial charge in [-0.3, -0.25) is 9.59 Å². The van der Waals surface area contributed by atoms with Gasteiger partial charge >= 0.3 is 5.97 Å². The van der Waals surface area contributed by atoms with Crippen molar-refractivity contribution in [1.82, 2.24) is 0 Å². The molecule has 1 aromatic rings. The van der Waals surface area contributed by atoms with Gasteiger partial charge in [-0.1, -0.05) is 0 Å². The number of Topliss-reactive ketones (excluding diaryl/α,β-unsaturated/α-hetero) is 2. The molecule has 1 aromatic carbocycles. The van der Waals surface area contributed by atoms with Crippen LogP contribution in [-0.4, -0.2) is 37.9 Å². The zero-order valence-electron chi connectivity index (χ0n) is 11.9. The van der Waals surface area contributed by atoms with Gasteiger partial charge in [-0.15, -0.1) is 0 Å². The van der Waals surface area contributed by atoms with Crippen molar-refractivity contribution in [3.05, 3.63) is 23.8 Å². The molecule has 0 spiro atoms. The van der Waals surface area contributed by atoms with Crippen LogP contribution >= 0.6 is 0 Å². The lowest BCUT2D eigenvalue weighted by Crippen LogP contribution is -2.31. The lowest BCUT2D eigenvalue weighted by atomic mass is 9.91. The monoisotopic (exact) mass is 292 g/mol. The number of carbonyl (C=O) groups is 3. The van der Waals surface area contributed by atoms with Crippen LogP contribution in [0.5, 0.6) is 11.5 Å². The van der Waals surface area contributed by atoms with Crippen LogP contribution in [0.3, 0.4) is 0 Å². The molecule has 6 heteroatoms. The normalized spacial score (nSPS) is 17.2. The van der Waals surface area contributed by atoms with Crippen LogP contribution in [0.2, 0.25) is 0 Å². The summed E-state index contributed by atoms with van der Waals surface area (Å²) in [5.41, 5.74) is 0.245. The van der Waals surface area contributed by atoms with Crippen LogP contribution in [0.4, 0.5) is 0 Å². The van der Waals surface area contributed by atoms with E-state index in [-0.39, 0.29) is 25.2 Å². The predicted octanol–water partition coefficient (Wildman–Crippen LogP) is 1.41. The second-order valence-electron chi connectivity index (χ2n) is 4.50. The Labute approximate surface area is 122 Å². The van der Waals surface area contributed by atoms with E-state index in [1.807, 2.05) is 0 Å². The number of rotatable bonds is 4. The maximum atomic E-state index is 12.5. The number of esters is 1. The Kier molecular flexibility index (Phi) is 4.57. The Morgan fingerprint density at radius 1 is 1.38 bits per heavy atom. The van der Waals surface area contributed by atoms with Crippen LogP contribution in [0.25, 0.3) is 0 Å². The third-order valence-electron chi connectivity index (χ3n) is 3.23. The molecule has 1 aliphatic heterocycles. The number of hydrogen-bond donors (Lipinski definition) is 0. The Morgan fingerprint density at radius 3 is 2.81 bits per heavy atom. The summed E-state index contributed by atoms with van der Waals surface area (Å²) in [6, 6.07) is 4.79. The maximum Gasteiger partial charge on any atom is 0.375 e. The second-order valence-corrected chi connectivity index (χ2v) is 4.50. The topological polar surface area (TPSA) is 78.9 Å². The largest absolute Gasteiger partial charge is 0.497 e. The van der Waals surface area contributed by atoms with Crippen LogP contribution < -0.4 is 9.47 Å². The molecule has 0 saturated carbocycles. The molecule has 21 heavy (non-hydrogen) atoms. The number of ketones is 2. The minimum Gasteiger partial charge on any atom is -0.497 e. The van der Waals surface area contributed by atoms with Gasteiger partial charge in [-0.2, -0.15) is 0 Å². The Morgan fingerprint density at radius 2 is 2.14 bits per heavy atom. The Bertz CT molecular complexity index is 578. The molecule has 0 saturated heterocycles. The smallest absolute Gasteiger partial charge is 0.375 e. The van der Waals surface area contributed by atoms with E-state index >= 15 is 0 Å². The van der Waals surface area contributed by atoms with Gasteiger partial charge in [-0.25, -0.2) is 4.79 Å². The minimum absolute atomic E-state index is 0.0897. The molecule has 0 N–H and O–H groups in total. The van der Waals surface area contributed by atoms with Crippen molar-refractivity contribution >= 4 is 17.5 Å². The first kappa shape index (κ1) is 15.0. The van der Waals surface area contributed by atoms with Gasteiger partial charge in [0.15, 0.2) is 5.78 Å². The van der Waals surface area contributed by atoms with Crippen LogP contribution in [-0.2, 0) is 14.3 Å². The average Bonchev–Trinajstić information content (AvgIpc) is 2.66. The zero-order chi connectivity index (χ0) is 15.4. The average molecular weight is 292 g/mol. The second kappa shape index (κ2) is 6.39. The van der Waals surface area contributed by atoms with Crippen molar-refractivity contribution in [3.8, 4) is 11.5 Å². The minimum atomic E-state index is -1.07. The Balaban J connectivity index is 2.32. The van der Waals surface area contributed by atoms with E-state index in [0.29, 0.717) is 11.5 Å². The van der Waals surface area contributed by atoms with Crippen molar-refractivity contribution in [1.29, 1.82) is 0 Å². The van der Waals surface area contributed by atoms with Crippen molar-refractivity contribution < 1.29 is 28.6 Å². The molecule has 2 rings (SSSR count). The van der Waals surface area contributed by atoms with E-state index in [0.717, 1.165) is 0 Å². The Hall–Kier alpha value is -2.37. The summed E-state index contributed by atoms with van der Waals surface area (Å²) in [7, 11) is 1.48. The lowest BCUT2D eigenvalue weighted by molar-refractivity contribution is -0.154. The standard InChI is InChI=1S/C15H16O6/c1-3-20-15(18)14(17)10-6-7-21-12-5-4-9(19-2)8-11(12)13(10)16/h4-5,8,10H,3,6-7H2,1-2H3. The quantitative estimate of drug-likeness (QED) is 0.474. The van der Waals surface area contributed by atoms with Crippen LogP contribution in [0.1, 0.15) is 23.7 Å². The molecule has 112 valence electrons. The third-order valence-corrected chi connectivity index (χ3v) is 3.23. The van der Waals surface area contributed by atoms with E-state index in [2.05, 4.69) is 4.74 Å². The van der Waals surface area contributed by atoms with Gasteiger partial charge in [0, 0.05) is 0 Å². The van der Waals surface area contributed by atoms with Crippen LogP contribution in [0.15, 0.2) is 18.2 Å². The molecule has 0 bridgehead atoms. The molecule has 0 fully saturated rings. The summed E-state index contributed by atoms with van der Waals surface area (Å²) >= 11 is 0. The summed E-state index contributed by atoms with van der Waals surface area (Å²) in [5.74, 6) is -2.46. The molecule has 0 amide bonds. The highest BCUT2D eigenvalue weighted by Gasteiger charge is 2.36. The van der Waals surface area contributed by atoms with Crippen molar-refractivity contribution in [2.45, 2.75) is 13.3 Å². The highest BCUT2D eigenvalue weighted by molar-refractivity contribution is 6.39. The fraction of sp³-hybridized carbons (Fsp3) is 0.400. The SMILES string of the molecule is CCOC(=O)C(=O)C1CCOc2ccc(OC)cc2C1=O. The van der Waals surface area contributed by atoms with E-state index in [1.54, 1.807) is 19.1 Å². The molecule has 1 heterocycles. The number of benzene rings is 1.